The lowest BCUT2D eigenvalue weighted by molar-refractivity contribution is -0.139. The number of aliphatic carboxylic acids is 1. The fraction of sp³-hybridized carbons (Fsp3) is 0.571. The van der Waals surface area contributed by atoms with Gasteiger partial charge in [-0.25, -0.2) is 13.2 Å². The first-order valence-electron chi connectivity index (χ1n) is 7.09. The molecule has 2 N–H and O–H groups in total. The van der Waals surface area contributed by atoms with Crippen LogP contribution in [0.1, 0.15) is 39.4 Å². The topological polar surface area (TPSA) is 101 Å². The van der Waals surface area contributed by atoms with Crippen LogP contribution in [0.25, 0.3) is 0 Å². The minimum atomic E-state index is -3.27. The van der Waals surface area contributed by atoms with Crippen LogP contribution in [-0.2, 0) is 27.5 Å². The summed E-state index contributed by atoms with van der Waals surface area (Å²) in [6.45, 7) is 0. The first-order chi connectivity index (χ1) is 10.3. The number of amides is 1. The molecule has 1 aliphatic carbocycles. The fourth-order valence-corrected chi connectivity index (χ4v) is 4.24. The summed E-state index contributed by atoms with van der Waals surface area (Å²) in [5.41, 5.74) is 1.17. The molecule has 0 radical (unpaired) electrons. The van der Waals surface area contributed by atoms with Crippen LogP contribution in [0.15, 0.2) is 6.07 Å². The molecule has 1 heterocycles. The van der Waals surface area contributed by atoms with E-state index >= 15 is 0 Å². The average Bonchev–Trinajstić information content (AvgIpc) is 2.85. The van der Waals surface area contributed by atoms with Crippen LogP contribution in [0.5, 0.6) is 0 Å². The highest BCUT2D eigenvalue weighted by Crippen LogP contribution is 2.29. The first-order valence-corrected chi connectivity index (χ1v) is 9.97. The highest BCUT2D eigenvalue weighted by molar-refractivity contribution is 7.90. The molecule has 1 aromatic heterocycles. The predicted octanol–water partition coefficient (Wildman–Crippen LogP) is 1.24. The van der Waals surface area contributed by atoms with Gasteiger partial charge in [-0.2, -0.15) is 0 Å². The lowest BCUT2D eigenvalue weighted by Gasteiger charge is -2.13. The average molecular weight is 345 g/mol. The van der Waals surface area contributed by atoms with Crippen molar-refractivity contribution in [2.75, 3.05) is 12.0 Å². The molecule has 0 saturated carbocycles. The van der Waals surface area contributed by atoms with E-state index in [0.29, 0.717) is 4.88 Å². The Kier molecular flexibility index (Phi) is 5.23. The number of fused-ring (bicyclic) bond motifs is 1. The van der Waals surface area contributed by atoms with E-state index < -0.39 is 27.8 Å². The Bertz CT molecular complexity index is 654. The van der Waals surface area contributed by atoms with Gasteiger partial charge in [-0.05, 0) is 43.7 Å². The van der Waals surface area contributed by atoms with Crippen LogP contribution in [0, 0.1) is 0 Å². The quantitative estimate of drug-likeness (QED) is 0.808. The number of sulfone groups is 1. The normalized spacial score (nSPS) is 15.9. The van der Waals surface area contributed by atoms with Gasteiger partial charge >= 0.3 is 5.97 Å². The van der Waals surface area contributed by atoms with Crippen LogP contribution < -0.4 is 5.32 Å². The number of carbonyl (C=O) groups is 2. The number of carboxylic acids is 1. The molecule has 1 amide bonds. The summed E-state index contributed by atoms with van der Waals surface area (Å²) in [5, 5.41) is 11.5. The van der Waals surface area contributed by atoms with E-state index in [1.165, 1.54) is 21.8 Å². The minimum Gasteiger partial charge on any atom is -0.480 e. The van der Waals surface area contributed by atoms with Crippen molar-refractivity contribution in [3.8, 4) is 0 Å². The summed E-state index contributed by atoms with van der Waals surface area (Å²) in [5.74, 6) is -1.94. The van der Waals surface area contributed by atoms with Crippen LogP contribution >= 0.6 is 11.3 Å². The molecule has 0 saturated heterocycles. The van der Waals surface area contributed by atoms with Crippen LogP contribution in [-0.4, -0.2) is 43.5 Å². The summed E-state index contributed by atoms with van der Waals surface area (Å²) in [4.78, 5) is 25.1. The van der Waals surface area contributed by atoms with Crippen molar-refractivity contribution in [2.45, 2.75) is 38.1 Å². The number of thiophene rings is 1. The molecule has 0 unspecified atom stereocenters. The lowest BCUT2D eigenvalue weighted by Crippen LogP contribution is -2.41. The van der Waals surface area contributed by atoms with Gasteiger partial charge in [0.15, 0.2) is 0 Å². The van der Waals surface area contributed by atoms with Gasteiger partial charge in [0.05, 0.1) is 10.6 Å². The third-order valence-electron chi connectivity index (χ3n) is 3.60. The molecule has 122 valence electrons. The van der Waals surface area contributed by atoms with Gasteiger partial charge in [-0.15, -0.1) is 11.3 Å². The van der Waals surface area contributed by atoms with E-state index in [2.05, 4.69) is 5.32 Å². The van der Waals surface area contributed by atoms with Crippen molar-refractivity contribution in [1.82, 2.24) is 5.32 Å². The number of hydrogen-bond acceptors (Lipinski definition) is 5. The Morgan fingerprint density at radius 2 is 2.05 bits per heavy atom. The number of rotatable bonds is 6. The summed E-state index contributed by atoms with van der Waals surface area (Å²) in [6, 6.07) is 0.630. The van der Waals surface area contributed by atoms with Gasteiger partial charge in [-0.1, -0.05) is 0 Å². The van der Waals surface area contributed by atoms with E-state index in [1.807, 2.05) is 6.07 Å². The fourth-order valence-electron chi connectivity index (χ4n) is 2.42. The Balaban J connectivity index is 2.04. The molecule has 0 aliphatic heterocycles. The van der Waals surface area contributed by atoms with Crippen molar-refractivity contribution in [1.29, 1.82) is 0 Å². The third kappa shape index (κ3) is 4.54. The van der Waals surface area contributed by atoms with Gasteiger partial charge < -0.3 is 10.4 Å². The lowest BCUT2D eigenvalue weighted by atomic mass is 9.99. The zero-order chi connectivity index (χ0) is 16.3. The van der Waals surface area contributed by atoms with Crippen molar-refractivity contribution in [3.63, 3.8) is 0 Å². The largest absolute Gasteiger partial charge is 0.480 e. The van der Waals surface area contributed by atoms with Gasteiger partial charge in [0.25, 0.3) is 5.91 Å². The minimum absolute atomic E-state index is 0.134. The summed E-state index contributed by atoms with van der Waals surface area (Å²) in [6.07, 6.45) is 5.04. The second-order valence-electron chi connectivity index (χ2n) is 5.55. The number of aryl methyl sites for hydroxylation is 2. The molecular formula is C14H19NO5S2. The molecule has 0 bridgehead atoms. The molecule has 6 nitrogen and oxygen atoms in total. The standard InChI is InChI=1S/C14H19NO5S2/c1-22(19,20)7-6-10(14(17)18)15-13(16)12-8-9-4-2-3-5-11(9)21-12/h8,10H,2-7H2,1H3,(H,15,16)(H,17,18)/t10-/m0/s1. The number of hydrogen-bond donors (Lipinski definition) is 2. The molecule has 8 heteroatoms. The Labute approximate surface area is 133 Å². The molecule has 1 aliphatic rings. The molecule has 0 fully saturated rings. The van der Waals surface area contributed by atoms with Crippen LogP contribution in [0.2, 0.25) is 0 Å². The maximum Gasteiger partial charge on any atom is 0.326 e. The molecule has 22 heavy (non-hydrogen) atoms. The highest BCUT2D eigenvalue weighted by Gasteiger charge is 2.24. The summed E-state index contributed by atoms with van der Waals surface area (Å²) in [7, 11) is -3.27. The first kappa shape index (κ1) is 17.0. The predicted molar refractivity (Wildman–Crippen MR) is 84.2 cm³/mol. The molecular weight excluding hydrogens is 326 g/mol. The van der Waals surface area contributed by atoms with Crippen molar-refractivity contribution >= 4 is 33.1 Å². The summed E-state index contributed by atoms with van der Waals surface area (Å²) < 4.78 is 22.3. The molecule has 0 spiro atoms. The maximum atomic E-state index is 12.2. The van der Waals surface area contributed by atoms with Gasteiger partial charge in [0.2, 0.25) is 0 Å². The van der Waals surface area contributed by atoms with Gasteiger partial charge in [0, 0.05) is 11.1 Å². The number of carbonyl (C=O) groups excluding carboxylic acids is 1. The number of carboxylic acid groups (broad SMARTS) is 1. The second-order valence-corrected chi connectivity index (χ2v) is 8.95. The highest BCUT2D eigenvalue weighted by atomic mass is 32.2. The van der Waals surface area contributed by atoms with E-state index in [4.69, 9.17) is 5.11 Å². The SMILES string of the molecule is CS(=O)(=O)CC[C@H](NC(=O)c1cc2c(s1)CCCC2)C(=O)O. The van der Waals surface area contributed by atoms with Gasteiger partial charge in [0.1, 0.15) is 15.9 Å². The van der Waals surface area contributed by atoms with Crippen LogP contribution in [0.3, 0.4) is 0 Å². The van der Waals surface area contributed by atoms with E-state index in [9.17, 15) is 18.0 Å². The van der Waals surface area contributed by atoms with Crippen LogP contribution in [0.4, 0.5) is 0 Å². The van der Waals surface area contributed by atoms with E-state index in [1.54, 1.807) is 0 Å². The Morgan fingerprint density at radius 3 is 2.64 bits per heavy atom. The van der Waals surface area contributed by atoms with Crippen molar-refractivity contribution in [2.24, 2.45) is 0 Å². The third-order valence-corrected chi connectivity index (χ3v) is 5.81. The second kappa shape index (κ2) is 6.78. The zero-order valence-electron chi connectivity index (χ0n) is 12.3. The number of nitrogens with one attached hydrogen (secondary N) is 1. The van der Waals surface area contributed by atoms with Gasteiger partial charge in [-0.3, -0.25) is 4.79 Å². The smallest absolute Gasteiger partial charge is 0.326 e. The molecule has 1 atom stereocenters. The molecule has 1 aromatic rings. The maximum absolute atomic E-state index is 12.2. The molecule has 2 rings (SSSR count). The Morgan fingerprint density at radius 1 is 1.36 bits per heavy atom. The van der Waals surface area contributed by atoms with Crippen molar-refractivity contribution < 1.29 is 23.1 Å². The zero-order valence-corrected chi connectivity index (χ0v) is 13.9. The monoisotopic (exact) mass is 345 g/mol. The van der Waals surface area contributed by atoms with Crippen molar-refractivity contribution in [3.05, 3.63) is 21.4 Å². The van der Waals surface area contributed by atoms with E-state index in [0.717, 1.165) is 31.9 Å². The van der Waals surface area contributed by atoms with E-state index in [-0.39, 0.29) is 12.2 Å². The summed E-state index contributed by atoms with van der Waals surface area (Å²) >= 11 is 1.40. The Hall–Kier alpha value is -1.41. The molecule has 0 aromatic carbocycles.